The maximum atomic E-state index is 5.56. The minimum absolute atomic E-state index is 0. The molecule has 25 heavy (non-hydrogen) atoms. The van der Waals surface area contributed by atoms with Gasteiger partial charge in [-0.15, -0.1) is 12.4 Å². The molecule has 5 nitrogen and oxygen atoms in total. The molecule has 2 aliphatic heterocycles. The fourth-order valence-corrected chi connectivity index (χ4v) is 4.08. The van der Waals surface area contributed by atoms with Gasteiger partial charge in [0.2, 0.25) is 0 Å². The molecule has 1 atom stereocenters. The largest absolute Gasteiger partial charge is 0.496 e. The Hall–Kier alpha value is -1.17. The van der Waals surface area contributed by atoms with Gasteiger partial charge in [0.15, 0.2) is 11.5 Å². The molecule has 6 heteroatoms. The van der Waals surface area contributed by atoms with Gasteiger partial charge in [0, 0.05) is 24.2 Å². The van der Waals surface area contributed by atoms with Gasteiger partial charge in [0.05, 0.1) is 21.3 Å². The van der Waals surface area contributed by atoms with Crippen LogP contribution in [-0.2, 0) is 6.54 Å². The summed E-state index contributed by atoms with van der Waals surface area (Å²) in [6, 6.07) is 4.72. The van der Waals surface area contributed by atoms with Crippen LogP contribution in [0.5, 0.6) is 17.2 Å². The van der Waals surface area contributed by atoms with Crippen molar-refractivity contribution in [1.82, 2.24) is 10.2 Å². The molecular weight excluding hydrogens is 340 g/mol. The summed E-state index contributed by atoms with van der Waals surface area (Å²) in [5.41, 5.74) is 1.16. The molecule has 0 aliphatic carbocycles. The van der Waals surface area contributed by atoms with Crippen molar-refractivity contribution >= 4 is 12.4 Å². The van der Waals surface area contributed by atoms with Gasteiger partial charge < -0.3 is 19.5 Å². The number of methoxy groups -OCH3 is 3. The van der Waals surface area contributed by atoms with Crippen molar-refractivity contribution in [2.24, 2.45) is 5.92 Å². The minimum atomic E-state index is 0. The molecule has 0 saturated carbocycles. The molecule has 2 aliphatic rings. The van der Waals surface area contributed by atoms with Gasteiger partial charge in [0.25, 0.3) is 0 Å². The summed E-state index contributed by atoms with van der Waals surface area (Å²) < 4.78 is 16.4. The predicted octanol–water partition coefficient (Wildman–Crippen LogP) is 3.10. The second kappa shape index (κ2) is 9.51. The van der Waals surface area contributed by atoms with Gasteiger partial charge in [-0.05, 0) is 57.3 Å². The van der Waals surface area contributed by atoms with E-state index in [0.29, 0.717) is 5.75 Å². The second-order valence-electron chi connectivity index (χ2n) is 6.84. The Bertz CT molecular complexity index is 542. The molecule has 0 amide bonds. The summed E-state index contributed by atoms with van der Waals surface area (Å²) in [5, 5.41) is 3.67. The van der Waals surface area contributed by atoms with Gasteiger partial charge in [-0.1, -0.05) is 0 Å². The number of nitrogens with zero attached hydrogens (tertiary/aromatic N) is 1. The Morgan fingerprint density at radius 1 is 0.960 bits per heavy atom. The maximum absolute atomic E-state index is 5.56. The molecule has 0 aromatic heterocycles. The summed E-state index contributed by atoms with van der Waals surface area (Å²) in [4.78, 5) is 2.52. The van der Waals surface area contributed by atoms with E-state index in [-0.39, 0.29) is 12.4 Å². The molecule has 2 saturated heterocycles. The fraction of sp³-hybridized carbons (Fsp3) is 0.684. The third-order valence-electron chi connectivity index (χ3n) is 5.48. The number of likely N-dealkylation sites (tertiary alicyclic amines) is 1. The highest BCUT2D eigenvalue weighted by molar-refractivity contribution is 5.85. The highest BCUT2D eigenvalue weighted by Gasteiger charge is 2.28. The lowest BCUT2D eigenvalue weighted by atomic mass is 9.88. The zero-order chi connectivity index (χ0) is 16.9. The van der Waals surface area contributed by atoms with Crippen molar-refractivity contribution in [1.29, 1.82) is 0 Å². The number of piperidine rings is 1. The zero-order valence-electron chi connectivity index (χ0n) is 15.5. The molecular formula is C19H31ClN2O3. The van der Waals surface area contributed by atoms with Gasteiger partial charge in [-0.2, -0.15) is 0 Å². The first-order valence-electron chi connectivity index (χ1n) is 8.99. The predicted molar refractivity (Wildman–Crippen MR) is 102 cm³/mol. The normalized spacial score (nSPS) is 21.6. The summed E-state index contributed by atoms with van der Waals surface area (Å²) in [7, 11) is 5.04. The molecule has 0 bridgehead atoms. The van der Waals surface area contributed by atoms with E-state index in [0.717, 1.165) is 48.7 Å². The summed E-state index contributed by atoms with van der Waals surface area (Å²) in [6.07, 6.45) is 5.27. The van der Waals surface area contributed by atoms with Crippen LogP contribution >= 0.6 is 12.4 Å². The Balaban J connectivity index is 0.00000225. The van der Waals surface area contributed by atoms with Crippen LogP contribution in [0.2, 0.25) is 0 Å². The second-order valence-corrected chi connectivity index (χ2v) is 6.84. The maximum Gasteiger partial charge on any atom is 0.164 e. The first-order valence-corrected chi connectivity index (χ1v) is 8.99. The Labute approximate surface area is 157 Å². The van der Waals surface area contributed by atoms with Crippen molar-refractivity contribution < 1.29 is 14.2 Å². The number of nitrogens with one attached hydrogen (secondary N) is 1. The lowest BCUT2D eigenvalue weighted by molar-refractivity contribution is 0.156. The van der Waals surface area contributed by atoms with Gasteiger partial charge in [-0.3, -0.25) is 4.90 Å². The average molecular weight is 371 g/mol. The molecule has 3 rings (SSSR count). The van der Waals surface area contributed by atoms with Crippen LogP contribution in [0.1, 0.15) is 31.2 Å². The van der Waals surface area contributed by atoms with Crippen LogP contribution in [0, 0.1) is 5.92 Å². The lowest BCUT2D eigenvalue weighted by Gasteiger charge is -2.35. The van der Waals surface area contributed by atoms with Gasteiger partial charge in [0.1, 0.15) is 5.75 Å². The van der Waals surface area contributed by atoms with Gasteiger partial charge in [-0.25, -0.2) is 0 Å². The van der Waals surface area contributed by atoms with Crippen molar-refractivity contribution in [2.75, 3.05) is 41.0 Å². The van der Waals surface area contributed by atoms with Crippen LogP contribution < -0.4 is 19.5 Å². The number of halogens is 1. The quantitative estimate of drug-likeness (QED) is 0.833. The third-order valence-corrected chi connectivity index (χ3v) is 5.48. The van der Waals surface area contributed by atoms with Crippen molar-refractivity contribution in [3.63, 3.8) is 0 Å². The first kappa shape index (κ1) is 20.1. The SMILES string of the molecule is COc1cc(OC)c(OC)cc1CN1CCC(C2CCCN2)CC1.Cl. The summed E-state index contributed by atoms with van der Waals surface area (Å²) in [5.74, 6) is 3.19. The number of benzene rings is 1. The molecule has 1 N–H and O–H groups in total. The third kappa shape index (κ3) is 4.72. The van der Waals surface area contributed by atoms with E-state index in [1.54, 1.807) is 21.3 Å². The molecule has 0 spiro atoms. The monoisotopic (exact) mass is 370 g/mol. The Kier molecular flexibility index (Phi) is 7.66. The molecule has 2 heterocycles. The summed E-state index contributed by atoms with van der Waals surface area (Å²) in [6.45, 7) is 4.41. The van der Waals surface area contributed by atoms with Crippen molar-refractivity contribution in [2.45, 2.75) is 38.3 Å². The molecule has 2 fully saturated rings. The van der Waals surface area contributed by atoms with Gasteiger partial charge >= 0.3 is 0 Å². The minimum Gasteiger partial charge on any atom is -0.496 e. The topological polar surface area (TPSA) is 43.0 Å². The van der Waals surface area contributed by atoms with Crippen molar-refractivity contribution in [3.8, 4) is 17.2 Å². The standard InChI is InChI=1S/C19H30N2O3.ClH/c1-22-17-12-19(24-3)18(23-2)11-15(17)13-21-9-6-14(7-10-21)16-5-4-8-20-16;/h11-12,14,16,20H,4-10,13H2,1-3H3;1H. The fourth-order valence-electron chi connectivity index (χ4n) is 4.08. The highest BCUT2D eigenvalue weighted by Crippen LogP contribution is 2.36. The van der Waals surface area contributed by atoms with E-state index in [4.69, 9.17) is 14.2 Å². The number of ether oxygens (including phenoxy) is 3. The molecule has 1 aromatic rings. The molecule has 1 aromatic carbocycles. The molecule has 142 valence electrons. The number of rotatable bonds is 6. The molecule has 0 radical (unpaired) electrons. The smallest absolute Gasteiger partial charge is 0.164 e. The number of hydrogen-bond acceptors (Lipinski definition) is 5. The van der Waals surface area contributed by atoms with Crippen LogP contribution in [0.15, 0.2) is 12.1 Å². The van der Waals surface area contributed by atoms with E-state index >= 15 is 0 Å². The van der Waals surface area contributed by atoms with E-state index in [2.05, 4.69) is 10.2 Å². The van der Waals surface area contributed by atoms with E-state index in [1.807, 2.05) is 12.1 Å². The zero-order valence-corrected chi connectivity index (χ0v) is 16.4. The van der Waals surface area contributed by atoms with Crippen LogP contribution in [0.3, 0.4) is 0 Å². The van der Waals surface area contributed by atoms with E-state index < -0.39 is 0 Å². The number of hydrogen-bond donors (Lipinski definition) is 1. The van der Waals surface area contributed by atoms with Crippen LogP contribution in [-0.4, -0.2) is 51.9 Å². The lowest BCUT2D eigenvalue weighted by Crippen LogP contribution is -2.40. The van der Waals surface area contributed by atoms with Crippen molar-refractivity contribution in [3.05, 3.63) is 17.7 Å². The highest BCUT2D eigenvalue weighted by atomic mass is 35.5. The average Bonchev–Trinajstić information content (AvgIpc) is 3.16. The van der Waals surface area contributed by atoms with E-state index in [9.17, 15) is 0 Å². The first-order chi connectivity index (χ1) is 11.7. The van der Waals surface area contributed by atoms with Crippen LogP contribution in [0.4, 0.5) is 0 Å². The van der Waals surface area contributed by atoms with Crippen LogP contribution in [0.25, 0.3) is 0 Å². The summed E-state index contributed by atoms with van der Waals surface area (Å²) >= 11 is 0. The Morgan fingerprint density at radius 2 is 1.60 bits per heavy atom. The van der Waals surface area contributed by atoms with E-state index in [1.165, 1.54) is 32.2 Å². The molecule has 1 unspecified atom stereocenters. The Morgan fingerprint density at radius 3 is 2.16 bits per heavy atom.